The van der Waals surface area contributed by atoms with Gasteiger partial charge in [0.1, 0.15) is 0 Å². The lowest BCUT2D eigenvalue weighted by Gasteiger charge is -2.04. The van der Waals surface area contributed by atoms with Gasteiger partial charge in [0.25, 0.3) is 0 Å². The fourth-order valence-corrected chi connectivity index (χ4v) is 11.6. The predicted octanol–water partition coefficient (Wildman–Crippen LogP) is 19.3. The molecule has 3 rings (SSSR count). The molecule has 0 aromatic carbocycles. The summed E-state index contributed by atoms with van der Waals surface area (Å²) in [5, 5.41) is 4.94. The van der Waals surface area contributed by atoms with E-state index in [0.29, 0.717) is 0 Å². The van der Waals surface area contributed by atoms with E-state index in [1.807, 2.05) is 22.7 Å². The summed E-state index contributed by atoms with van der Waals surface area (Å²) in [6.45, 7) is 6.94. The molecule has 0 aliphatic heterocycles. The molecular weight excluding hydrogens is 709 g/mol. The van der Waals surface area contributed by atoms with E-state index < -0.39 is 0 Å². The second kappa shape index (κ2) is 33.1. The first-order valence-electron chi connectivity index (χ1n) is 24.0. The van der Waals surface area contributed by atoms with Crippen LogP contribution in [-0.4, -0.2) is 0 Å². The fourth-order valence-electron chi connectivity index (χ4n) is 8.20. The van der Waals surface area contributed by atoms with E-state index >= 15 is 0 Å². The first-order chi connectivity index (χ1) is 26.7. The Kier molecular flexibility index (Phi) is 29.1. The first kappa shape index (κ1) is 47.5. The fraction of sp³-hybridized carbons (Fsp3) is 0.765. The van der Waals surface area contributed by atoms with Crippen LogP contribution in [0.25, 0.3) is 9.75 Å². The van der Waals surface area contributed by atoms with Crippen molar-refractivity contribution in [3.8, 4) is 9.75 Å². The van der Waals surface area contributed by atoms with Crippen molar-refractivity contribution in [1.29, 1.82) is 0 Å². The van der Waals surface area contributed by atoms with E-state index in [0.717, 1.165) is 6.42 Å². The van der Waals surface area contributed by atoms with Crippen LogP contribution < -0.4 is 0 Å². The van der Waals surface area contributed by atoms with Gasteiger partial charge in [0.05, 0.1) is 0 Å². The highest BCUT2D eigenvalue weighted by Gasteiger charge is 2.15. The van der Waals surface area contributed by atoms with E-state index in [1.54, 1.807) is 31.3 Å². The standard InChI is InChI=1S/C51H86S3/c1-4-7-10-13-16-19-22-23-26-29-32-35-38-47-41-49(42-48-39-45(43-52-48)36-33-30-27-24-20-17-14-11-8-5-2)54-51(47)50-40-46(44-53-50)37-34-31-28-25-21-18-15-12-9-6-3/h39-41,43-44H,4-38,42H2,1-3H3. The molecule has 0 fully saturated rings. The lowest BCUT2D eigenvalue weighted by Crippen LogP contribution is -1.87. The molecule has 3 heterocycles. The van der Waals surface area contributed by atoms with Gasteiger partial charge in [-0.25, -0.2) is 0 Å². The van der Waals surface area contributed by atoms with Gasteiger partial charge in [0, 0.05) is 25.9 Å². The van der Waals surface area contributed by atoms with E-state index in [9.17, 15) is 0 Å². The highest BCUT2D eigenvalue weighted by Crippen LogP contribution is 2.39. The highest BCUT2D eigenvalue weighted by atomic mass is 32.1. The maximum absolute atomic E-state index is 2.61. The number of rotatable bonds is 38. The number of unbranched alkanes of at least 4 members (excludes halogenated alkanes) is 29. The van der Waals surface area contributed by atoms with Gasteiger partial charge < -0.3 is 0 Å². The lowest BCUT2D eigenvalue weighted by atomic mass is 10.0. The van der Waals surface area contributed by atoms with Gasteiger partial charge in [-0.3, -0.25) is 0 Å². The van der Waals surface area contributed by atoms with Crippen molar-refractivity contribution in [2.24, 2.45) is 0 Å². The summed E-state index contributed by atoms with van der Waals surface area (Å²) in [6.07, 6.45) is 50.4. The van der Waals surface area contributed by atoms with Crippen molar-refractivity contribution < 1.29 is 0 Å². The van der Waals surface area contributed by atoms with Crippen LogP contribution in [0.4, 0.5) is 0 Å². The van der Waals surface area contributed by atoms with Crippen molar-refractivity contribution >= 4 is 34.0 Å². The average Bonchev–Trinajstić information content (AvgIpc) is 3.94. The molecule has 3 aromatic rings. The Hall–Kier alpha value is -0.900. The third-order valence-electron chi connectivity index (χ3n) is 11.7. The van der Waals surface area contributed by atoms with E-state index in [-0.39, 0.29) is 0 Å². The van der Waals surface area contributed by atoms with Crippen molar-refractivity contribution in [2.75, 3.05) is 0 Å². The summed E-state index contributed by atoms with van der Waals surface area (Å²) in [7, 11) is 0. The maximum Gasteiger partial charge on any atom is 0.0477 e. The topological polar surface area (TPSA) is 0 Å². The van der Waals surface area contributed by atoms with Crippen LogP contribution in [0.15, 0.2) is 29.0 Å². The number of hydrogen-bond acceptors (Lipinski definition) is 3. The molecule has 0 bridgehead atoms. The molecule has 0 N–H and O–H groups in total. The Bertz CT molecular complexity index is 1240. The van der Waals surface area contributed by atoms with Crippen molar-refractivity contribution in [1.82, 2.24) is 0 Å². The smallest absolute Gasteiger partial charge is 0.0477 e. The van der Waals surface area contributed by atoms with Gasteiger partial charge >= 0.3 is 0 Å². The first-order valence-corrected chi connectivity index (χ1v) is 26.6. The lowest BCUT2D eigenvalue weighted by molar-refractivity contribution is 0.544. The van der Waals surface area contributed by atoms with Crippen LogP contribution in [0.3, 0.4) is 0 Å². The van der Waals surface area contributed by atoms with E-state index in [4.69, 9.17) is 0 Å². The third kappa shape index (κ3) is 22.7. The minimum atomic E-state index is 1.12. The summed E-state index contributed by atoms with van der Waals surface area (Å²) < 4.78 is 0. The van der Waals surface area contributed by atoms with Crippen LogP contribution in [0.5, 0.6) is 0 Å². The minimum absolute atomic E-state index is 1.12. The van der Waals surface area contributed by atoms with Gasteiger partial charge in [-0.1, -0.05) is 207 Å². The Labute approximate surface area is 349 Å². The molecule has 0 aliphatic carbocycles. The molecule has 0 radical (unpaired) electrons. The predicted molar refractivity (Wildman–Crippen MR) is 251 cm³/mol. The minimum Gasteiger partial charge on any atom is -0.148 e. The monoisotopic (exact) mass is 795 g/mol. The summed E-state index contributed by atoms with van der Waals surface area (Å²) in [6, 6.07) is 7.72. The van der Waals surface area contributed by atoms with Crippen LogP contribution >= 0.6 is 34.0 Å². The Morgan fingerprint density at radius 2 is 0.722 bits per heavy atom. The molecular formula is C51H86S3. The number of hydrogen-bond donors (Lipinski definition) is 0. The molecule has 0 amide bonds. The maximum atomic E-state index is 2.61. The molecule has 3 heteroatoms. The summed E-state index contributed by atoms with van der Waals surface area (Å²) in [5.41, 5.74) is 4.80. The van der Waals surface area contributed by atoms with Crippen molar-refractivity contribution in [3.05, 3.63) is 55.4 Å². The zero-order valence-corrected chi connectivity index (χ0v) is 38.5. The van der Waals surface area contributed by atoms with Crippen molar-refractivity contribution in [3.63, 3.8) is 0 Å². The summed E-state index contributed by atoms with van der Waals surface area (Å²) in [4.78, 5) is 6.27. The molecule has 0 nitrogen and oxygen atoms in total. The van der Waals surface area contributed by atoms with Crippen molar-refractivity contribution in [2.45, 2.75) is 252 Å². The molecule has 308 valence electrons. The van der Waals surface area contributed by atoms with Gasteiger partial charge in [-0.15, -0.1) is 34.0 Å². The highest BCUT2D eigenvalue weighted by molar-refractivity contribution is 7.21. The molecule has 0 unspecified atom stereocenters. The van der Waals surface area contributed by atoms with Gasteiger partial charge in [0.15, 0.2) is 0 Å². The Morgan fingerprint density at radius 3 is 1.17 bits per heavy atom. The molecule has 3 aromatic heterocycles. The molecule has 54 heavy (non-hydrogen) atoms. The van der Waals surface area contributed by atoms with Crippen LogP contribution in [0.2, 0.25) is 0 Å². The van der Waals surface area contributed by atoms with Gasteiger partial charge in [-0.2, -0.15) is 0 Å². The normalized spacial score (nSPS) is 11.7. The van der Waals surface area contributed by atoms with Gasteiger partial charge in [-0.05, 0) is 84.2 Å². The zero-order valence-electron chi connectivity index (χ0n) is 36.1. The third-order valence-corrected chi connectivity index (χ3v) is 15.1. The van der Waals surface area contributed by atoms with Crippen LogP contribution in [0.1, 0.15) is 253 Å². The molecule has 0 aliphatic rings. The molecule has 0 saturated carbocycles. The van der Waals surface area contributed by atoms with Crippen LogP contribution in [0, 0.1) is 0 Å². The molecule has 0 atom stereocenters. The SMILES string of the molecule is CCCCCCCCCCCCCCc1cc(Cc2cc(CCCCCCCCCCCC)cs2)sc1-c1cc(CCCCCCCCCCCC)cs1. The summed E-state index contributed by atoms with van der Waals surface area (Å²) >= 11 is 6.13. The second-order valence-electron chi connectivity index (χ2n) is 17.0. The zero-order chi connectivity index (χ0) is 38.2. The Balaban J connectivity index is 1.44. The number of thiophene rings is 3. The van der Waals surface area contributed by atoms with E-state index in [2.05, 4.69) is 61.1 Å². The average molecular weight is 795 g/mol. The van der Waals surface area contributed by atoms with E-state index in [1.165, 1.54) is 230 Å². The van der Waals surface area contributed by atoms with Gasteiger partial charge in [0.2, 0.25) is 0 Å². The second-order valence-corrected chi connectivity index (χ2v) is 20.0. The molecule has 0 spiro atoms. The summed E-state index contributed by atoms with van der Waals surface area (Å²) in [5.74, 6) is 0. The van der Waals surface area contributed by atoms with Crippen LogP contribution in [-0.2, 0) is 25.7 Å². The Morgan fingerprint density at radius 1 is 0.352 bits per heavy atom. The number of aryl methyl sites for hydroxylation is 3. The quantitative estimate of drug-likeness (QED) is 0.0507. The molecule has 0 saturated heterocycles. The largest absolute Gasteiger partial charge is 0.148 e.